The van der Waals surface area contributed by atoms with Crippen molar-refractivity contribution in [1.82, 2.24) is 9.55 Å². The van der Waals surface area contributed by atoms with Gasteiger partial charge >= 0.3 is 0 Å². The quantitative estimate of drug-likeness (QED) is 0.159. The molecule has 404 valence electrons. The summed E-state index contributed by atoms with van der Waals surface area (Å²) in [5.74, 6) is 1.77. The Bertz CT molecular complexity index is 4380. The summed E-state index contributed by atoms with van der Waals surface area (Å²) in [6.45, 7) is 34.6. The van der Waals surface area contributed by atoms with E-state index in [0.29, 0.717) is 40.3 Å². The van der Waals surface area contributed by atoms with Crippen LogP contribution in [0.2, 0.25) is 0 Å². The third kappa shape index (κ3) is 9.40. The van der Waals surface area contributed by atoms with Gasteiger partial charge in [0.1, 0.15) is 35.2 Å². The number of hydrogen-bond acceptors (Lipinski definition) is 5. The Morgan fingerprint density at radius 2 is 1.02 bits per heavy atom. The van der Waals surface area contributed by atoms with Gasteiger partial charge < -0.3 is 19.0 Å². The summed E-state index contributed by atoms with van der Waals surface area (Å²) in [7, 11) is 0. The highest BCUT2D eigenvalue weighted by molar-refractivity contribution is 6.24. The highest BCUT2D eigenvalue weighted by Gasteiger charge is 2.33. The van der Waals surface area contributed by atoms with Gasteiger partial charge in [-0.25, -0.2) is 4.98 Å². The van der Waals surface area contributed by atoms with Crippen molar-refractivity contribution in [3.05, 3.63) is 204 Å². The molecule has 1 aliphatic heterocycles. The molecule has 0 spiro atoms. The fourth-order valence-electron chi connectivity index (χ4n) is 11.3. The first-order chi connectivity index (χ1) is 39.8. The van der Waals surface area contributed by atoms with E-state index >= 15 is 0 Å². The van der Waals surface area contributed by atoms with Crippen LogP contribution in [0.3, 0.4) is 0 Å². The van der Waals surface area contributed by atoms with Crippen LogP contribution in [0.1, 0.15) is 139 Å². The number of anilines is 4. The number of ether oxygens (including phenoxy) is 1. The molecule has 0 saturated carbocycles. The molecule has 0 aliphatic carbocycles. The highest BCUT2D eigenvalue weighted by Crippen LogP contribution is 2.52. The highest BCUT2D eigenvalue weighted by atomic mass is 16.5. The summed E-state index contributed by atoms with van der Waals surface area (Å²) in [5.41, 5.74) is 16.6. The minimum absolute atomic E-state index is 0.0856. The van der Waals surface area contributed by atoms with Crippen LogP contribution in [0, 0.1) is 0 Å². The van der Waals surface area contributed by atoms with E-state index in [9.17, 15) is 0 Å². The number of rotatable bonds is 7. The van der Waals surface area contributed by atoms with Gasteiger partial charge in [0.05, 0.1) is 40.3 Å². The zero-order valence-electron chi connectivity index (χ0n) is 54.2. The standard InChI is InChI=1S/C74H76N4O2/c1-70(2,3)48-34-35-75-66(42-48)78-63-33-32-59-58-24-16-19-29-65(58)80-69(59)67(63)60-31-30-55(44-64(60)78)79-54-23-20-22-53(43-54)76-45-77(62-28-18-17-27-61(62)76)68-56(46-36-49(71(4,5)6)40-50(37-46)72(7,8)9)25-21-26-57(68)47-38-51(73(10,11)12)41-52(39-47)74(13,14)15/h16-44H,45H2,1-15H3/i16D,19D,24D,29D,35D. The first-order valence-corrected chi connectivity index (χ1v) is 28.1. The van der Waals surface area contributed by atoms with Gasteiger partial charge in [-0.3, -0.25) is 4.57 Å². The Labute approximate surface area is 480 Å². The fraction of sp³-hybridized carbons (Fsp3) is 0.284. The van der Waals surface area contributed by atoms with Crippen molar-refractivity contribution >= 4 is 66.5 Å². The average Bonchev–Trinajstić information content (AvgIpc) is 1.60. The maximum absolute atomic E-state index is 8.92. The number of para-hydroxylation sites is 4. The number of hydrogen-bond donors (Lipinski definition) is 0. The van der Waals surface area contributed by atoms with E-state index in [2.05, 4.69) is 205 Å². The van der Waals surface area contributed by atoms with Crippen LogP contribution < -0.4 is 14.5 Å². The second-order valence-corrected chi connectivity index (χ2v) is 27.1. The van der Waals surface area contributed by atoms with E-state index in [4.69, 9.17) is 21.0 Å². The summed E-state index contributed by atoms with van der Waals surface area (Å²) in [4.78, 5) is 9.71. The number of nitrogens with zero attached hydrogens (tertiary/aromatic N) is 4. The van der Waals surface area contributed by atoms with Crippen LogP contribution in [0.15, 0.2) is 180 Å². The molecule has 80 heavy (non-hydrogen) atoms. The largest absolute Gasteiger partial charge is 0.457 e. The molecule has 6 heteroatoms. The van der Waals surface area contributed by atoms with Gasteiger partial charge in [0.25, 0.3) is 0 Å². The van der Waals surface area contributed by atoms with Gasteiger partial charge in [-0.05, 0) is 133 Å². The maximum Gasteiger partial charge on any atom is 0.145 e. The lowest BCUT2D eigenvalue weighted by molar-refractivity contribution is 0.483. The molecular formula is C74H76N4O2. The van der Waals surface area contributed by atoms with Crippen molar-refractivity contribution in [2.75, 3.05) is 16.5 Å². The minimum Gasteiger partial charge on any atom is -0.457 e. The first kappa shape index (κ1) is 46.8. The van der Waals surface area contributed by atoms with Crippen molar-refractivity contribution in [2.45, 2.75) is 131 Å². The molecule has 0 N–H and O–H groups in total. The van der Waals surface area contributed by atoms with Gasteiger partial charge in [0.15, 0.2) is 0 Å². The van der Waals surface area contributed by atoms with Gasteiger partial charge in [-0.15, -0.1) is 0 Å². The Balaban J connectivity index is 1.00. The Kier molecular flexibility index (Phi) is 11.0. The fourth-order valence-corrected chi connectivity index (χ4v) is 11.3. The molecule has 0 amide bonds. The van der Waals surface area contributed by atoms with Gasteiger partial charge in [0.2, 0.25) is 0 Å². The SMILES string of the molecule is [2H]c1cc(C(C)(C)C)cc(-n2c3cc(Oc4cccc(N5CN(c6c(-c7cc(C(C)(C)C)cc(C(C)(C)C)c7)cccc6-c6cc(C(C)(C)C)cc(C(C)(C)C)c6)c6ccccc65)c4)ccc3c3c4oc5c([2H])c([2H])c([2H])c([2H])c5c4ccc32)n1. The third-order valence-electron chi connectivity index (χ3n) is 16.1. The van der Waals surface area contributed by atoms with Crippen LogP contribution in [0.4, 0.5) is 22.7 Å². The maximum atomic E-state index is 8.92. The third-order valence-corrected chi connectivity index (χ3v) is 16.1. The zero-order valence-corrected chi connectivity index (χ0v) is 49.2. The Hall–Kier alpha value is -8.09. The van der Waals surface area contributed by atoms with Crippen LogP contribution in [-0.4, -0.2) is 16.2 Å². The zero-order chi connectivity index (χ0) is 60.8. The number of aromatic nitrogens is 2. The Morgan fingerprint density at radius 3 is 1.62 bits per heavy atom. The van der Waals surface area contributed by atoms with Crippen LogP contribution in [0.25, 0.3) is 71.8 Å². The molecule has 6 nitrogen and oxygen atoms in total. The summed E-state index contributed by atoms with van der Waals surface area (Å²) >= 11 is 0. The summed E-state index contributed by atoms with van der Waals surface area (Å²) in [6, 6.07) is 50.8. The second kappa shape index (κ2) is 18.8. The van der Waals surface area contributed by atoms with E-state index in [-0.39, 0.29) is 63.0 Å². The molecule has 0 atom stereocenters. The first-order valence-electron chi connectivity index (χ1n) is 30.6. The van der Waals surface area contributed by atoms with E-state index in [1.807, 2.05) is 53.1 Å². The number of pyridine rings is 1. The van der Waals surface area contributed by atoms with Gasteiger partial charge in [-0.1, -0.05) is 195 Å². The van der Waals surface area contributed by atoms with Gasteiger partial charge in [-0.2, -0.15) is 0 Å². The van der Waals surface area contributed by atoms with E-state index in [0.717, 1.165) is 50.1 Å². The number of fused-ring (bicyclic) bond motifs is 8. The topological polar surface area (TPSA) is 46.7 Å². The van der Waals surface area contributed by atoms with Crippen LogP contribution in [-0.2, 0) is 27.1 Å². The van der Waals surface area contributed by atoms with E-state index in [1.54, 1.807) is 6.07 Å². The van der Waals surface area contributed by atoms with Gasteiger partial charge in [0, 0.05) is 51.3 Å². The molecule has 11 aromatic rings. The lowest BCUT2D eigenvalue weighted by Crippen LogP contribution is -2.25. The molecule has 0 bridgehead atoms. The molecule has 3 aromatic heterocycles. The van der Waals surface area contributed by atoms with Crippen molar-refractivity contribution in [3.63, 3.8) is 0 Å². The van der Waals surface area contributed by atoms with Crippen molar-refractivity contribution in [1.29, 1.82) is 0 Å². The van der Waals surface area contributed by atoms with Crippen LogP contribution in [0.5, 0.6) is 11.5 Å². The molecule has 1 aliphatic rings. The molecule has 0 unspecified atom stereocenters. The summed E-state index contributed by atoms with van der Waals surface area (Å²) in [6.07, 6.45) is 0.130. The smallest absolute Gasteiger partial charge is 0.145 e. The lowest BCUT2D eigenvalue weighted by atomic mass is 9.77. The molecule has 4 heterocycles. The van der Waals surface area contributed by atoms with Crippen LogP contribution >= 0.6 is 0 Å². The predicted molar refractivity (Wildman–Crippen MR) is 339 cm³/mol. The van der Waals surface area contributed by atoms with E-state index in [1.165, 1.54) is 44.5 Å². The van der Waals surface area contributed by atoms with E-state index < -0.39 is 0 Å². The minimum atomic E-state index is -0.349. The normalized spacial score (nSPS) is 14.5. The lowest BCUT2D eigenvalue weighted by Gasteiger charge is -2.31. The summed E-state index contributed by atoms with van der Waals surface area (Å²) in [5, 5.41) is 2.44. The van der Waals surface area contributed by atoms with Crippen molar-refractivity contribution in [2.24, 2.45) is 0 Å². The average molecular weight is 1060 g/mol. The molecular weight excluding hydrogens is 977 g/mol. The molecule has 0 saturated heterocycles. The van der Waals surface area contributed by atoms with Crippen molar-refractivity contribution < 1.29 is 16.0 Å². The predicted octanol–water partition coefficient (Wildman–Crippen LogP) is 20.9. The number of furan rings is 1. The molecule has 0 fully saturated rings. The Morgan fingerprint density at radius 1 is 0.475 bits per heavy atom. The van der Waals surface area contributed by atoms with Crippen molar-refractivity contribution in [3.8, 4) is 39.6 Å². The number of benzene rings is 8. The second-order valence-electron chi connectivity index (χ2n) is 27.1. The molecule has 8 aromatic carbocycles. The monoisotopic (exact) mass is 1060 g/mol. The molecule has 0 radical (unpaired) electrons. The summed E-state index contributed by atoms with van der Waals surface area (Å²) < 4.78 is 59.1. The molecule has 12 rings (SSSR count).